The molecule has 3 unspecified atom stereocenters. The zero-order valence-corrected chi connectivity index (χ0v) is 7.63. The van der Waals surface area contributed by atoms with E-state index in [9.17, 15) is 5.11 Å². The molecule has 0 aromatic rings. The van der Waals surface area contributed by atoms with Crippen LogP contribution in [0.5, 0.6) is 0 Å². The van der Waals surface area contributed by atoms with Crippen molar-refractivity contribution in [2.45, 2.75) is 31.3 Å². The Labute approximate surface area is 77.1 Å². The number of ether oxygens (including phenoxy) is 1. The Balaban J connectivity index is 2.67. The predicted molar refractivity (Wildman–Crippen MR) is 46.0 cm³/mol. The van der Waals surface area contributed by atoms with Crippen molar-refractivity contribution in [2.75, 3.05) is 13.2 Å². The Morgan fingerprint density at radius 3 is 2.54 bits per heavy atom. The lowest BCUT2D eigenvalue weighted by Gasteiger charge is -2.23. The maximum atomic E-state index is 9.63. The molecule has 1 fully saturated rings. The Hall–Kier alpha value is -0.200. The summed E-state index contributed by atoms with van der Waals surface area (Å²) in [5.74, 6) is -0.384. The molecule has 0 aromatic carbocycles. The molecule has 1 aliphatic rings. The predicted octanol–water partition coefficient (Wildman–Crippen LogP) is -1.94. The molecule has 0 aromatic heterocycles. The van der Waals surface area contributed by atoms with Gasteiger partial charge in [-0.25, -0.2) is 0 Å². The molecule has 1 saturated heterocycles. The quantitative estimate of drug-likeness (QED) is 0.416. The van der Waals surface area contributed by atoms with Crippen molar-refractivity contribution >= 4 is 0 Å². The molecule has 1 heterocycles. The van der Waals surface area contributed by atoms with E-state index < -0.39 is 18.2 Å². The molecule has 13 heavy (non-hydrogen) atoms. The first-order chi connectivity index (χ1) is 6.11. The zero-order valence-electron chi connectivity index (χ0n) is 7.63. The maximum Gasteiger partial charge on any atom is 0.0880 e. The van der Waals surface area contributed by atoms with Crippen molar-refractivity contribution in [1.29, 1.82) is 0 Å². The van der Waals surface area contributed by atoms with Gasteiger partial charge in [-0.15, -0.1) is 0 Å². The molecule has 5 atom stereocenters. The Morgan fingerprint density at radius 2 is 2.08 bits per heavy atom. The van der Waals surface area contributed by atoms with E-state index in [1.807, 2.05) is 0 Å². The Bertz CT molecular complexity index is 166. The number of aliphatic hydroxyl groups excluding tert-OH is 3. The molecular weight excluding hydrogens is 174 g/mol. The van der Waals surface area contributed by atoms with E-state index >= 15 is 0 Å². The highest BCUT2D eigenvalue weighted by molar-refractivity contribution is 4.93. The van der Waals surface area contributed by atoms with Crippen molar-refractivity contribution < 1.29 is 20.1 Å². The fourth-order valence-electron chi connectivity index (χ4n) is 1.80. The lowest BCUT2D eigenvalue weighted by molar-refractivity contribution is -0.00437. The second kappa shape index (κ2) is 4.34. The van der Waals surface area contributed by atoms with Crippen LogP contribution in [0.25, 0.3) is 0 Å². The van der Waals surface area contributed by atoms with Crippen LogP contribution in [0.4, 0.5) is 0 Å². The molecule has 0 bridgehead atoms. The van der Waals surface area contributed by atoms with Gasteiger partial charge in [0, 0.05) is 12.0 Å². The minimum absolute atomic E-state index is 0.181. The Kier molecular flexibility index (Phi) is 3.63. The standard InChI is InChI=1S/C8H17NO4/c1-4-8(12)7(5(9)2-10)6(3-11)13-4/h4-8,10-12H,2-3,9H2,1H3/t4-,5?,6+,7?,8?/m0/s1. The van der Waals surface area contributed by atoms with Gasteiger partial charge in [0.05, 0.1) is 31.5 Å². The molecule has 0 spiro atoms. The lowest BCUT2D eigenvalue weighted by atomic mass is 9.90. The van der Waals surface area contributed by atoms with Gasteiger partial charge < -0.3 is 25.8 Å². The summed E-state index contributed by atoms with van der Waals surface area (Å²) in [5.41, 5.74) is 5.60. The second-order valence-electron chi connectivity index (χ2n) is 3.48. The first-order valence-corrected chi connectivity index (χ1v) is 4.42. The normalized spacial score (nSPS) is 42.2. The van der Waals surface area contributed by atoms with Crippen molar-refractivity contribution in [3.8, 4) is 0 Å². The van der Waals surface area contributed by atoms with Gasteiger partial charge in [-0.05, 0) is 6.92 Å². The van der Waals surface area contributed by atoms with E-state index in [0.717, 1.165) is 0 Å². The van der Waals surface area contributed by atoms with Gasteiger partial charge in [-0.2, -0.15) is 0 Å². The van der Waals surface area contributed by atoms with Gasteiger partial charge in [-0.3, -0.25) is 0 Å². The Morgan fingerprint density at radius 1 is 1.46 bits per heavy atom. The molecule has 0 aliphatic carbocycles. The van der Waals surface area contributed by atoms with Gasteiger partial charge in [0.15, 0.2) is 0 Å². The maximum absolute atomic E-state index is 9.63. The number of rotatable bonds is 3. The average Bonchev–Trinajstić information content (AvgIpc) is 2.42. The van der Waals surface area contributed by atoms with Crippen molar-refractivity contribution in [1.82, 2.24) is 0 Å². The third kappa shape index (κ3) is 2.00. The van der Waals surface area contributed by atoms with Crippen molar-refractivity contribution in [3.05, 3.63) is 0 Å². The van der Waals surface area contributed by atoms with Gasteiger partial charge >= 0.3 is 0 Å². The minimum Gasteiger partial charge on any atom is -0.395 e. The van der Waals surface area contributed by atoms with Crippen LogP contribution in [0, 0.1) is 5.92 Å². The fraction of sp³-hybridized carbons (Fsp3) is 1.00. The van der Waals surface area contributed by atoms with Crippen LogP contribution < -0.4 is 5.73 Å². The highest BCUT2D eigenvalue weighted by atomic mass is 16.5. The monoisotopic (exact) mass is 191 g/mol. The fourth-order valence-corrected chi connectivity index (χ4v) is 1.80. The van der Waals surface area contributed by atoms with Crippen LogP contribution in [0.3, 0.4) is 0 Å². The molecular formula is C8H17NO4. The molecule has 78 valence electrons. The molecule has 5 nitrogen and oxygen atoms in total. The van der Waals surface area contributed by atoms with Crippen molar-refractivity contribution in [3.63, 3.8) is 0 Å². The molecule has 0 radical (unpaired) electrons. The topological polar surface area (TPSA) is 95.9 Å². The van der Waals surface area contributed by atoms with Gasteiger partial charge in [0.25, 0.3) is 0 Å². The molecule has 5 heteroatoms. The summed E-state index contributed by atoms with van der Waals surface area (Å²) < 4.78 is 5.27. The van der Waals surface area contributed by atoms with Crippen LogP contribution in [-0.4, -0.2) is 52.9 Å². The highest BCUT2D eigenvalue weighted by Gasteiger charge is 2.43. The first kappa shape index (κ1) is 10.9. The smallest absolute Gasteiger partial charge is 0.0880 e. The van der Waals surface area contributed by atoms with E-state index in [2.05, 4.69) is 0 Å². The second-order valence-corrected chi connectivity index (χ2v) is 3.48. The van der Waals surface area contributed by atoms with Gasteiger partial charge in [-0.1, -0.05) is 0 Å². The molecule has 1 aliphatic heterocycles. The summed E-state index contributed by atoms with van der Waals surface area (Å²) in [4.78, 5) is 0. The number of nitrogens with two attached hydrogens (primary N) is 1. The lowest BCUT2D eigenvalue weighted by Crippen LogP contribution is -2.45. The zero-order chi connectivity index (χ0) is 10.0. The third-order valence-electron chi connectivity index (χ3n) is 2.58. The summed E-state index contributed by atoms with van der Waals surface area (Å²) >= 11 is 0. The van der Waals surface area contributed by atoms with Crippen molar-refractivity contribution in [2.24, 2.45) is 11.7 Å². The molecule has 1 rings (SSSR count). The van der Waals surface area contributed by atoms with Gasteiger partial charge in [0.1, 0.15) is 0 Å². The van der Waals surface area contributed by atoms with Crippen LogP contribution in [-0.2, 0) is 4.74 Å². The molecule has 5 N–H and O–H groups in total. The molecule has 0 saturated carbocycles. The van der Waals surface area contributed by atoms with Crippen LogP contribution in [0.15, 0.2) is 0 Å². The van der Waals surface area contributed by atoms with E-state index in [1.54, 1.807) is 6.92 Å². The summed E-state index contributed by atoms with van der Waals surface area (Å²) in [6, 6.07) is -0.544. The summed E-state index contributed by atoms with van der Waals surface area (Å²) in [6.07, 6.45) is -1.51. The van der Waals surface area contributed by atoms with E-state index in [4.69, 9.17) is 20.7 Å². The highest BCUT2D eigenvalue weighted by Crippen LogP contribution is 2.28. The van der Waals surface area contributed by atoms with Gasteiger partial charge in [0.2, 0.25) is 0 Å². The summed E-state index contributed by atoms with van der Waals surface area (Å²) in [7, 11) is 0. The SMILES string of the molecule is C[C@@H]1O[C@H](CO)C(C(N)CO)C1O. The largest absolute Gasteiger partial charge is 0.395 e. The average molecular weight is 191 g/mol. The van der Waals surface area contributed by atoms with Crippen LogP contribution >= 0.6 is 0 Å². The van der Waals surface area contributed by atoms with Crippen LogP contribution in [0.1, 0.15) is 6.92 Å². The third-order valence-corrected chi connectivity index (χ3v) is 2.58. The number of aliphatic hydroxyl groups is 3. The summed E-state index contributed by atoms with van der Waals surface area (Å²) in [5, 5.41) is 27.4. The van der Waals surface area contributed by atoms with E-state index in [1.165, 1.54) is 0 Å². The summed E-state index contributed by atoms with van der Waals surface area (Å²) in [6.45, 7) is 1.32. The number of hydrogen-bond donors (Lipinski definition) is 4. The van der Waals surface area contributed by atoms with E-state index in [-0.39, 0.29) is 25.2 Å². The van der Waals surface area contributed by atoms with E-state index in [0.29, 0.717) is 0 Å². The number of hydrogen-bond acceptors (Lipinski definition) is 5. The first-order valence-electron chi connectivity index (χ1n) is 4.42. The van der Waals surface area contributed by atoms with Crippen LogP contribution in [0.2, 0.25) is 0 Å². The minimum atomic E-state index is -0.709. The molecule has 0 amide bonds.